The number of carbonyl (C=O) groups excluding carboxylic acids is 2. The van der Waals surface area contributed by atoms with Crippen molar-refractivity contribution in [2.75, 3.05) is 0 Å². The van der Waals surface area contributed by atoms with Gasteiger partial charge in [0.05, 0.1) is 15.6 Å². The Morgan fingerprint density at radius 1 is 1.33 bits per heavy atom. The molecule has 0 saturated heterocycles. The van der Waals surface area contributed by atoms with Crippen LogP contribution in [-0.4, -0.2) is 22.6 Å². The number of carboxylic acids is 1. The predicted octanol–water partition coefficient (Wildman–Crippen LogP) is 4.13. The second-order valence-corrected chi connectivity index (χ2v) is 6.95. The molecule has 4 nitrogen and oxygen atoms in total. The monoisotopic (exact) mass is 364 g/mol. The smallest absolute Gasteiger partial charge is 0.377 e. The molecule has 0 amide bonds. The molecule has 0 heterocycles. The number of aliphatic carboxylic acids is 1. The van der Waals surface area contributed by atoms with Gasteiger partial charge in [0.15, 0.2) is 5.78 Å². The molecule has 2 aliphatic carbocycles. The molecule has 1 atom stereocenters. The zero-order valence-corrected chi connectivity index (χ0v) is 14.2. The molecule has 0 bridgehead atoms. The van der Waals surface area contributed by atoms with Crippen LogP contribution in [0, 0.1) is 5.41 Å². The van der Waals surface area contributed by atoms with Gasteiger partial charge in [-0.2, -0.15) is 0 Å². The minimum absolute atomic E-state index is 0.0235. The zero-order chi connectivity index (χ0) is 17.6. The summed E-state index contributed by atoms with van der Waals surface area (Å²) in [7, 11) is 0. The minimum Gasteiger partial charge on any atom is -0.475 e. The highest BCUT2D eigenvalue weighted by Gasteiger charge is 2.45. The Morgan fingerprint density at radius 3 is 2.67 bits per heavy atom. The lowest BCUT2D eigenvalue weighted by Crippen LogP contribution is -2.25. The zero-order valence-electron chi connectivity index (χ0n) is 12.7. The fourth-order valence-electron chi connectivity index (χ4n) is 3.72. The number of fused-ring (bicyclic) bond motifs is 3. The molecule has 1 aromatic rings. The van der Waals surface area contributed by atoms with Gasteiger partial charge >= 0.3 is 5.97 Å². The van der Waals surface area contributed by atoms with Gasteiger partial charge in [-0.25, -0.2) is 4.79 Å². The third-order valence-electron chi connectivity index (χ3n) is 4.79. The average molecular weight is 365 g/mol. The first-order chi connectivity index (χ1) is 11.3. The molecule has 0 aromatic heterocycles. The van der Waals surface area contributed by atoms with Crippen LogP contribution in [0.1, 0.15) is 40.7 Å². The van der Waals surface area contributed by atoms with E-state index < -0.39 is 11.8 Å². The first-order valence-corrected chi connectivity index (χ1v) is 8.21. The van der Waals surface area contributed by atoms with Gasteiger partial charge in [0.25, 0.3) is 5.78 Å². The molecule has 0 saturated carbocycles. The van der Waals surface area contributed by atoms with Crippen LogP contribution in [0.5, 0.6) is 0 Å². The molecule has 0 fully saturated rings. The number of hydrogen-bond donors (Lipinski definition) is 1. The number of Topliss-reactive ketones (excluding diaryl/α,β-unsaturated/α-hetero) is 1. The van der Waals surface area contributed by atoms with E-state index in [1.807, 2.05) is 0 Å². The fourth-order valence-corrected chi connectivity index (χ4v) is 4.28. The summed E-state index contributed by atoms with van der Waals surface area (Å²) in [6.07, 6.45) is 5.74. The summed E-state index contributed by atoms with van der Waals surface area (Å²) >= 11 is 12.5. The highest BCUT2D eigenvalue weighted by molar-refractivity contribution is 6.49. The van der Waals surface area contributed by atoms with Crippen LogP contribution in [0.25, 0.3) is 5.57 Å². The summed E-state index contributed by atoms with van der Waals surface area (Å²) in [5.74, 6) is -2.66. The van der Waals surface area contributed by atoms with Crippen molar-refractivity contribution in [3.63, 3.8) is 0 Å². The van der Waals surface area contributed by atoms with Crippen LogP contribution in [0.2, 0.25) is 10.0 Å². The van der Waals surface area contributed by atoms with Crippen molar-refractivity contribution in [1.82, 2.24) is 0 Å². The van der Waals surface area contributed by atoms with Gasteiger partial charge in [-0.05, 0) is 42.5 Å². The van der Waals surface area contributed by atoms with Crippen molar-refractivity contribution in [2.45, 2.75) is 25.7 Å². The number of rotatable bonds is 4. The van der Waals surface area contributed by atoms with Crippen molar-refractivity contribution in [2.24, 2.45) is 5.41 Å². The van der Waals surface area contributed by atoms with Crippen LogP contribution in [0.15, 0.2) is 24.8 Å². The Kier molecular flexibility index (Phi) is 4.14. The first kappa shape index (κ1) is 16.9. The highest BCUT2D eigenvalue weighted by Crippen LogP contribution is 2.57. The van der Waals surface area contributed by atoms with E-state index in [2.05, 4.69) is 6.58 Å². The van der Waals surface area contributed by atoms with Gasteiger partial charge in [0.1, 0.15) is 0 Å². The SMILES string of the molecule is C=CCC12CCC(=O)C=C1c1c(cc(C(=O)C(=O)O)c(Cl)c1Cl)C2. The van der Waals surface area contributed by atoms with E-state index >= 15 is 0 Å². The van der Waals surface area contributed by atoms with E-state index in [1.165, 1.54) is 6.07 Å². The Hall–Kier alpha value is -1.91. The maximum atomic E-state index is 11.9. The van der Waals surface area contributed by atoms with E-state index in [9.17, 15) is 14.4 Å². The second kappa shape index (κ2) is 5.87. The lowest BCUT2D eigenvalue weighted by molar-refractivity contribution is -0.131. The van der Waals surface area contributed by atoms with E-state index in [-0.39, 0.29) is 26.8 Å². The topological polar surface area (TPSA) is 71.4 Å². The molecule has 1 aromatic carbocycles. The van der Waals surface area contributed by atoms with Crippen LogP contribution >= 0.6 is 23.2 Å². The summed E-state index contributed by atoms with van der Waals surface area (Å²) in [6.45, 7) is 3.80. The molecule has 0 radical (unpaired) electrons. The van der Waals surface area contributed by atoms with E-state index in [0.29, 0.717) is 31.2 Å². The highest BCUT2D eigenvalue weighted by atomic mass is 35.5. The number of halogens is 2. The largest absolute Gasteiger partial charge is 0.475 e. The van der Waals surface area contributed by atoms with Gasteiger partial charge in [0.2, 0.25) is 0 Å². The van der Waals surface area contributed by atoms with Crippen molar-refractivity contribution in [3.8, 4) is 0 Å². The van der Waals surface area contributed by atoms with Gasteiger partial charge in [-0.15, -0.1) is 6.58 Å². The van der Waals surface area contributed by atoms with Gasteiger partial charge < -0.3 is 5.11 Å². The molecule has 1 N–H and O–H groups in total. The normalized spacial score (nSPS) is 21.8. The standard InChI is InChI=1S/C18H14Cl2O4/c1-2-4-18-5-3-10(21)7-12(18)13-9(8-18)6-11(14(19)15(13)20)16(22)17(23)24/h2,6-7H,1,3-5,8H2,(H,23,24). The molecule has 124 valence electrons. The third kappa shape index (κ3) is 2.41. The van der Waals surface area contributed by atoms with Crippen molar-refractivity contribution in [3.05, 3.63) is 51.5 Å². The van der Waals surface area contributed by atoms with Crippen LogP contribution in [0.4, 0.5) is 0 Å². The maximum Gasteiger partial charge on any atom is 0.377 e. The molecule has 24 heavy (non-hydrogen) atoms. The lowest BCUT2D eigenvalue weighted by atomic mass is 9.70. The quantitative estimate of drug-likeness (QED) is 0.495. The number of ketones is 2. The summed E-state index contributed by atoms with van der Waals surface area (Å²) in [5.41, 5.74) is 1.80. The Labute approximate surface area is 148 Å². The maximum absolute atomic E-state index is 11.9. The first-order valence-electron chi connectivity index (χ1n) is 7.45. The summed E-state index contributed by atoms with van der Waals surface area (Å²) < 4.78 is 0. The number of allylic oxidation sites excluding steroid dienone is 3. The molecule has 3 rings (SSSR count). The fraction of sp³-hybridized carbons (Fsp3) is 0.278. The minimum atomic E-state index is -1.58. The van der Waals surface area contributed by atoms with E-state index in [1.54, 1.807) is 12.2 Å². The molecular weight excluding hydrogens is 351 g/mol. The van der Waals surface area contributed by atoms with Gasteiger partial charge in [-0.3, -0.25) is 9.59 Å². The van der Waals surface area contributed by atoms with Crippen molar-refractivity contribution >= 4 is 46.3 Å². The number of carbonyl (C=O) groups is 3. The summed E-state index contributed by atoms with van der Waals surface area (Å²) in [4.78, 5) is 34.8. The Bertz CT molecular complexity index is 838. The van der Waals surface area contributed by atoms with Crippen LogP contribution in [-0.2, 0) is 16.0 Å². The van der Waals surface area contributed by atoms with Crippen LogP contribution < -0.4 is 0 Å². The predicted molar refractivity (Wildman–Crippen MR) is 91.6 cm³/mol. The van der Waals surface area contributed by atoms with Gasteiger partial charge in [-0.1, -0.05) is 29.3 Å². The average Bonchev–Trinajstić information content (AvgIpc) is 2.84. The molecule has 0 spiro atoms. The third-order valence-corrected chi connectivity index (χ3v) is 5.65. The second-order valence-electron chi connectivity index (χ2n) is 6.19. The molecule has 6 heteroatoms. The molecule has 1 unspecified atom stereocenters. The van der Waals surface area contributed by atoms with E-state index in [4.69, 9.17) is 28.3 Å². The number of carboxylic acid groups (broad SMARTS) is 1. The Morgan fingerprint density at radius 2 is 2.04 bits per heavy atom. The lowest BCUT2D eigenvalue weighted by Gasteiger charge is -2.32. The van der Waals surface area contributed by atoms with Crippen molar-refractivity contribution < 1.29 is 19.5 Å². The number of hydrogen-bond acceptors (Lipinski definition) is 3. The molecule has 0 aliphatic heterocycles. The molecule has 2 aliphatic rings. The summed E-state index contributed by atoms with van der Waals surface area (Å²) in [5, 5.41) is 9.00. The van der Waals surface area contributed by atoms with Crippen LogP contribution in [0.3, 0.4) is 0 Å². The molecular formula is C18H14Cl2O4. The van der Waals surface area contributed by atoms with Gasteiger partial charge in [0, 0.05) is 17.4 Å². The van der Waals surface area contributed by atoms with Crippen molar-refractivity contribution in [1.29, 1.82) is 0 Å². The summed E-state index contributed by atoms with van der Waals surface area (Å²) in [6, 6.07) is 1.49. The van der Waals surface area contributed by atoms with E-state index in [0.717, 1.165) is 11.1 Å². The number of benzene rings is 1. The Balaban J connectivity index is 2.24.